The highest BCUT2D eigenvalue weighted by Crippen LogP contribution is 2.23. The predicted octanol–water partition coefficient (Wildman–Crippen LogP) is 3.62. The highest BCUT2D eigenvalue weighted by Gasteiger charge is 2.14. The van der Waals surface area contributed by atoms with Crippen molar-refractivity contribution in [1.82, 2.24) is 0 Å². The van der Waals surface area contributed by atoms with Gasteiger partial charge in [-0.3, -0.25) is 0 Å². The van der Waals surface area contributed by atoms with Gasteiger partial charge in [-0.15, -0.1) is 0 Å². The van der Waals surface area contributed by atoms with Gasteiger partial charge < -0.3 is 9.47 Å². The lowest BCUT2D eigenvalue weighted by Crippen LogP contribution is -2.17. The number of rotatable bonds is 3. The Morgan fingerprint density at radius 2 is 2.13 bits per heavy atom. The van der Waals surface area contributed by atoms with E-state index in [9.17, 15) is 0 Å². The van der Waals surface area contributed by atoms with Crippen molar-refractivity contribution in [1.29, 1.82) is 0 Å². The van der Waals surface area contributed by atoms with Gasteiger partial charge >= 0.3 is 0 Å². The van der Waals surface area contributed by atoms with E-state index in [0.29, 0.717) is 6.61 Å². The summed E-state index contributed by atoms with van der Waals surface area (Å²) >= 11 is 2.29. The van der Waals surface area contributed by atoms with Crippen LogP contribution in [0.4, 0.5) is 0 Å². The molecule has 80 valence electrons. The molecule has 0 aliphatic carbocycles. The maximum atomic E-state index is 5.65. The molecule has 0 amide bonds. The minimum Gasteiger partial charge on any atom is -0.472 e. The van der Waals surface area contributed by atoms with Crippen LogP contribution < -0.4 is 0 Å². The molecule has 1 atom stereocenters. The monoisotopic (exact) mass is 316 g/mol. The van der Waals surface area contributed by atoms with Gasteiger partial charge in [0.25, 0.3) is 0 Å². The summed E-state index contributed by atoms with van der Waals surface area (Å²) in [4.78, 5) is 0. The number of ether oxygens (including phenoxy) is 2. The molecule has 3 heteroatoms. The second-order valence-corrected chi connectivity index (χ2v) is 4.85. The minimum absolute atomic E-state index is 0.0799. The van der Waals surface area contributed by atoms with E-state index in [1.165, 1.54) is 9.14 Å². The Bertz CT molecular complexity index is 335. The van der Waals surface area contributed by atoms with Crippen LogP contribution in [0.2, 0.25) is 0 Å². The van der Waals surface area contributed by atoms with Crippen molar-refractivity contribution in [2.45, 2.75) is 25.7 Å². The maximum absolute atomic E-state index is 5.65. The van der Waals surface area contributed by atoms with Gasteiger partial charge in [-0.05, 0) is 34.6 Å². The second kappa shape index (κ2) is 5.51. The fraction of sp³-hybridized carbons (Fsp3) is 0.333. The molecule has 0 fully saturated rings. The molecule has 0 saturated heterocycles. The predicted molar refractivity (Wildman–Crippen MR) is 67.4 cm³/mol. The van der Waals surface area contributed by atoms with Crippen LogP contribution in [0.3, 0.4) is 0 Å². The van der Waals surface area contributed by atoms with Crippen molar-refractivity contribution >= 4 is 22.6 Å². The Balaban J connectivity index is 1.80. The molecule has 0 spiro atoms. The lowest BCUT2D eigenvalue weighted by Gasteiger charge is -2.21. The number of halogens is 1. The zero-order chi connectivity index (χ0) is 10.5. The summed E-state index contributed by atoms with van der Waals surface area (Å²) < 4.78 is 12.3. The standard InChI is InChI=1S/C12H13IO2/c13-11-6-7-12(15-9-11)14-8-10-4-2-1-3-5-10/h1-5,9,12H,6-8H2. The first-order chi connectivity index (χ1) is 7.34. The molecule has 1 unspecified atom stereocenters. The first kappa shape index (κ1) is 11.0. The van der Waals surface area contributed by atoms with E-state index in [4.69, 9.17) is 9.47 Å². The molecular weight excluding hydrogens is 303 g/mol. The van der Waals surface area contributed by atoms with E-state index in [2.05, 4.69) is 34.7 Å². The van der Waals surface area contributed by atoms with Crippen LogP contribution in [-0.4, -0.2) is 6.29 Å². The summed E-state index contributed by atoms with van der Waals surface area (Å²) in [6.45, 7) is 0.621. The maximum Gasteiger partial charge on any atom is 0.199 e. The van der Waals surface area contributed by atoms with Gasteiger partial charge in [-0.25, -0.2) is 0 Å². The molecule has 0 N–H and O–H groups in total. The molecule has 15 heavy (non-hydrogen) atoms. The highest BCUT2D eigenvalue weighted by atomic mass is 127. The number of benzene rings is 1. The quantitative estimate of drug-likeness (QED) is 0.793. The largest absolute Gasteiger partial charge is 0.472 e. The second-order valence-electron chi connectivity index (χ2n) is 3.47. The zero-order valence-electron chi connectivity index (χ0n) is 8.36. The molecule has 1 aromatic carbocycles. The highest BCUT2D eigenvalue weighted by molar-refractivity contribution is 14.1. The summed E-state index contributed by atoms with van der Waals surface area (Å²) in [5.74, 6) is 0. The summed E-state index contributed by atoms with van der Waals surface area (Å²) in [5.41, 5.74) is 1.19. The lowest BCUT2D eigenvalue weighted by atomic mass is 10.2. The molecule has 1 heterocycles. The van der Waals surface area contributed by atoms with E-state index < -0.39 is 0 Å². The number of hydrogen-bond acceptors (Lipinski definition) is 2. The van der Waals surface area contributed by atoms with E-state index in [1.54, 1.807) is 6.26 Å². The molecule has 2 nitrogen and oxygen atoms in total. The molecule has 2 rings (SSSR count). The third kappa shape index (κ3) is 3.50. The van der Waals surface area contributed by atoms with Gasteiger partial charge in [0, 0.05) is 10.0 Å². The van der Waals surface area contributed by atoms with Crippen LogP contribution in [0.1, 0.15) is 18.4 Å². The van der Waals surface area contributed by atoms with E-state index in [-0.39, 0.29) is 6.29 Å². The summed E-state index contributed by atoms with van der Waals surface area (Å²) in [6, 6.07) is 10.2. The van der Waals surface area contributed by atoms with Gasteiger partial charge in [-0.1, -0.05) is 30.3 Å². The van der Waals surface area contributed by atoms with Crippen molar-refractivity contribution in [3.05, 3.63) is 45.7 Å². The molecular formula is C12H13IO2. The molecule has 0 radical (unpaired) electrons. The van der Waals surface area contributed by atoms with Crippen LogP contribution in [0.25, 0.3) is 0 Å². The number of hydrogen-bond donors (Lipinski definition) is 0. The Labute approximate surface area is 103 Å². The summed E-state index contributed by atoms with van der Waals surface area (Å²) in [6.07, 6.45) is 3.71. The van der Waals surface area contributed by atoms with Crippen molar-refractivity contribution in [3.63, 3.8) is 0 Å². The first-order valence-electron chi connectivity index (χ1n) is 5.00. The molecule has 0 aromatic heterocycles. The lowest BCUT2D eigenvalue weighted by molar-refractivity contribution is -0.123. The Hall–Kier alpha value is -0.550. The molecule has 0 saturated carbocycles. The SMILES string of the molecule is IC1=COC(OCc2ccccc2)CC1. The van der Waals surface area contributed by atoms with Crippen LogP contribution in [0.15, 0.2) is 40.2 Å². The third-order valence-corrected chi connectivity index (χ3v) is 3.04. The third-order valence-electron chi connectivity index (χ3n) is 2.25. The van der Waals surface area contributed by atoms with Gasteiger partial charge in [0.1, 0.15) is 0 Å². The van der Waals surface area contributed by atoms with Gasteiger partial charge in [-0.2, -0.15) is 0 Å². The Morgan fingerprint density at radius 1 is 1.33 bits per heavy atom. The van der Waals surface area contributed by atoms with Crippen molar-refractivity contribution < 1.29 is 9.47 Å². The zero-order valence-corrected chi connectivity index (χ0v) is 10.5. The molecule has 1 aliphatic rings. The van der Waals surface area contributed by atoms with E-state index in [1.807, 2.05) is 18.2 Å². The minimum atomic E-state index is -0.0799. The van der Waals surface area contributed by atoms with E-state index in [0.717, 1.165) is 12.8 Å². The summed E-state index contributed by atoms with van der Waals surface area (Å²) in [5, 5.41) is 0. The normalized spacial score (nSPS) is 20.6. The first-order valence-corrected chi connectivity index (χ1v) is 6.08. The molecule has 1 aromatic rings. The average molecular weight is 316 g/mol. The molecule has 1 aliphatic heterocycles. The molecule has 0 bridgehead atoms. The summed E-state index contributed by atoms with van der Waals surface area (Å²) in [7, 11) is 0. The van der Waals surface area contributed by atoms with E-state index >= 15 is 0 Å². The van der Waals surface area contributed by atoms with Gasteiger partial charge in [0.05, 0.1) is 12.9 Å². The smallest absolute Gasteiger partial charge is 0.199 e. The fourth-order valence-electron chi connectivity index (χ4n) is 1.42. The van der Waals surface area contributed by atoms with Crippen molar-refractivity contribution in [2.75, 3.05) is 0 Å². The Morgan fingerprint density at radius 3 is 2.80 bits per heavy atom. The Kier molecular flexibility index (Phi) is 4.02. The van der Waals surface area contributed by atoms with Crippen LogP contribution in [-0.2, 0) is 16.1 Å². The fourth-order valence-corrected chi connectivity index (χ4v) is 1.88. The topological polar surface area (TPSA) is 18.5 Å². The number of allylic oxidation sites excluding steroid dienone is 1. The van der Waals surface area contributed by atoms with Crippen LogP contribution >= 0.6 is 22.6 Å². The van der Waals surface area contributed by atoms with Gasteiger partial charge in [0.2, 0.25) is 0 Å². The van der Waals surface area contributed by atoms with Crippen LogP contribution in [0, 0.1) is 0 Å². The van der Waals surface area contributed by atoms with Crippen molar-refractivity contribution in [2.24, 2.45) is 0 Å². The van der Waals surface area contributed by atoms with Gasteiger partial charge in [0.15, 0.2) is 6.29 Å². The van der Waals surface area contributed by atoms with Crippen molar-refractivity contribution in [3.8, 4) is 0 Å². The average Bonchev–Trinajstić information content (AvgIpc) is 2.30. The van der Waals surface area contributed by atoms with Crippen LogP contribution in [0.5, 0.6) is 0 Å².